The van der Waals surface area contributed by atoms with Gasteiger partial charge in [-0.2, -0.15) is 0 Å². The smallest absolute Gasteiger partial charge is 0.262 e. The van der Waals surface area contributed by atoms with Gasteiger partial charge in [0.05, 0.1) is 6.10 Å². The second-order valence-corrected chi connectivity index (χ2v) is 6.91. The number of fused-ring (bicyclic) bond motifs is 2. The fourth-order valence-electron chi connectivity index (χ4n) is 3.92. The molecule has 0 spiro atoms. The predicted octanol–water partition coefficient (Wildman–Crippen LogP) is 3.56. The first-order chi connectivity index (χ1) is 12.2. The van der Waals surface area contributed by atoms with Crippen molar-refractivity contribution in [2.45, 2.75) is 44.6 Å². The summed E-state index contributed by atoms with van der Waals surface area (Å²) in [5, 5.41) is 13.0. The van der Waals surface area contributed by atoms with Gasteiger partial charge in [-0.3, -0.25) is 4.79 Å². The van der Waals surface area contributed by atoms with Crippen LogP contribution in [0.2, 0.25) is 0 Å². The molecule has 25 heavy (non-hydrogen) atoms. The van der Waals surface area contributed by atoms with E-state index in [0.717, 1.165) is 48.9 Å². The minimum absolute atomic E-state index is 0.0242. The van der Waals surface area contributed by atoms with Gasteiger partial charge < -0.3 is 15.2 Å². The second kappa shape index (κ2) is 6.89. The average Bonchev–Trinajstić information content (AvgIpc) is 3.08. The third kappa shape index (κ3) is 3.40. The van der Waals surface area contributed by atoms with Crippen LogP contribution in [0.5, 0.6) is 5.75 Å². The summed E-state index contributed by atoms with van der Waals surface area (Å²) in [4.78, 5) is 12.2. The highest BCUT2D eigenvalue weighted by atomic mass is 16.5. The van der Waals surface area contributed by atoms with E-state index in [0.29, 0.717) is 5.75 Å². The summed E-state index contributed by atoms with van der Waals surface area (Å²) in [6.45, 7) is -0.0242. The Labute approximate surface area is 147 Å². The van der Waals surface area contributed by atoms with Gasteiger partial charge in [-0.05, 0) is 79.0 Å². The Kier molecular flexibility index (Phi) is 4.45. The molecular weight excluding hydrogens is 314 g/mol. The number of ether oxygens (including phenoxy) is 1. The van der Waals surface area contributed by atoms with Gasteiger partial charge in [0.2, 0.25) is 0 Å². The lowest BCUT2D eigenvalue weighted by Gasteiger charge is -2.23. The van der Waals surface area contributed by atoms with Gasteiger partial charge >= 0.3 is 0 Å². The van der Waals surface area contributed by atoms with E-state index in [1.165, 1.54) is 17.5 Å². The van der Waals surface area contributed by atoms with Gasteiger partial charge in [0.25, 0.3) is 5.91 Å². The van der Waals surface area contributed by atoms with E-state index in [1.54, 1.807) is 0 Å². The summed E-state index contributed by atoms with van der Waals surface area (Å²) in [7, 11) is 0. The number of hydrogen-bond donors (Lipinski definition) is 2. The minimum Gasteiger partial charge on any atom is -0.483 e. The number of aryl methyl sites for hydroxylation is 2. The lowest BCUT2D eigenvalue weighted by atomic mass is 9.89. The quantitative estimate of drug-likeness (QED) is 0.897. The van der Waals surface area contributed by atoms with Crippen LogP contribution in [0.15, 0.2) is 36.4 Å². The van der Waals surface area contributed by atoms with E-state index in [-0.39, 0.29) is 12.5 Å². The van der Waals surface area contributed by atoms with E-state index in [1.807, 2.05) is 24.3 Å². The molecule has 1 amide bonds. The maximum atomic E-state index is 12.2. The molecule has 2 aliphatic rings. The van der Waals surface area contributed by atoms with Gasteiger partial charge in [-0.25, -0.2) is 0 Å². The molecule has 0 saturated heterocycles. The van der Waals surface area contributed by atoms with Crippen molar-refractivity contribution in [1.82, 2.24) is 0 Å². The van der Waals surface area contributed by atoms with Crippen molar-refractivity contribution in [2.75, 3.05) is 11.9 Å². The summed E-state index contributed by atoms with van der Waals surface area (Å²) in [6.07, 6.45) is 5.61. The van der Waals surface area contributed by atoms with Gasteiger partial charge in [-0.1, -0.05) is 18.2 Å². The molecule has 2 aromatic rings. The minimum atomic E-state index is -0.424. The first-order valence-corrected chi connectivity index (χ1v) is 9.05. The van der Waals surface area contributed by atoms with E-state index in [2.05, 4.69) is 17.4 Å². The van der Waals surface area contributed by atoms with Crippen LogP contribution in [-0.2, 0) is 24.1 Å². The number of aliphatic hydroxyl groups is 1. The first-order valence-electron chi connectivity index (χ1n) is 9.05. The zero-order valence-electron chi connectivity index (χ0n) is 14.3. The van der Waals surface area contributed by atoms with Crippen molar-refractivity contribution in [1.29, 1.82) is 0 Å². The fraction of sp³-hybridized carbons (Fsp3) is 0.381. The lowest BCUT2D eigenvalue weighted by Crippen LogP contribution is -2.21. The second-order valence-electron chi connectivity index (χ2n) is 6.91. The Bertz CT molecular complexity index is 800. The van der Waals surface area contributed by atoms with Crippen LogP contribution in [0.3, 0.4) is 0 Å². The highest BCUT2D eigenvalue weighted by molar-refractivity contribution is 5.92. The van der Waals surface area contributed by atoms with Crippen molar-refractivity contribution >= 4 is 11.6 Å². The fourth-order valence-corrected chi connectivity index (χ4v) is 3.92. The van der Waals surface area contributed by atoms with Crippen LogP contribution in [0, 0.1) is 0 Å². The van der Waals surface area contributed by atoms with Gasteiger partial charge in [0, 0.05) is 5.69 Å². The molecule has 4 heteroatoms. The molecule has 1 atom stereocenters. The maximum absolute atomic E-state index is 12.2. The zero-order chi connectivity index (χ0) is 17.2. The van der Waals surface area contributed by atoms with E-state index >= 15 is 0 Å². The summed E-state index contributed by atoms with van der Waals surface area (Å²) >= 11 is 0. The van der Waals surface area contributed by atoms with Crippen LogP contribution in [0.1, 0.15) is 47.6 Å². The van der Waals surface area contributed by atoms with Crippen molar-refractivity contribution in [3.8, 4) is 5.75 Å². The number of benzene rings is 2. The van der Waals surface area contributed by atoms with Gasteiger partial charge in [0.15, 0.2) is 6.61 Å². The molecule has 0 radical (unpaired) electrons. The van der Waals surface area contributed by atoms with Crippen LogP contribution in [0.4, 0.5) is 5.69 Å². The Morgan fingerprint density at radius 3 is 2.92 bits per heavy atom. The molecule has 0 aromatic heterocycles. The van der Waals surface area contributed by atoms with Gasteiger partial charge in [0.1, 0.15) is 5.75 Å². The number of rotatable bonds is 4. The molecule has 2 aromatic carbocycles. The predicted molar refractivity (Wildman–Crippen MR) is 96.9 cm³/mol. The highest BCUT2D eigenvalue weighted by Gasteiger charge is 2.21. The van der Waals surface area contributed by atoms with Crippen LogP contribution in [-0.4, -0.2) is 17.6 Å². The third-order valence-corrected chi connectivity index (χ3v) is 5.17. The molecule has 0 unspecified atom stereocenters. The molecule has 130 valence electrons. The Morgan fingerprint density at radius 2 is 2.00 bits per heavy atom. The van der Waals surface area contributed by atoms with E-state index in [4.69, 9.17) is 4.74 Å². The topological polar surface area (TPSA) is 58.6 Å². The standard InChI is InChI=1S/C21H23NO3/c23-19-8-2-7-18-17(19)6-3-9-20(18)25-13-21(24)22-16-11-10-14-4-1-5-15(14)12-16/h3,6,9-12,19,23H,1-2,4-5,7-8,13H2,(H,22,24)/t19-/m1/s1. The number of hydrogen-bond acceptors (Lipinski definition) is 3. The Hall–Kier alpha value is -2.33. The lowest BCUT2D eigenvalue weighted by molar-refractivity contribution is -0.118. The Morgan fingerprint density at radius 1 is 1.12 bits per heavy atom. The molecule has 2 aliphatic carbocycles. The molecule has 0 aliphatic heterocycles. The number of aliphatic hydroxyl groups excluding tert-OH is 1. The van der Waals surface area contributed by atoms with Crippen LogP contribution < -0.4 is 10.1 Å². The van der Waals surface area contributed by atoms with E-state index in [9.17, 15) is 9.90 Å². The van der Waals surface area contributed by atoms with Crippen LogP contribution in [0.25, 0.3) is 0 Å². The highest BCUT2D eigenvalue weighted by Crippen LogP contribution is 2.35. The number of anilines is 1. The monoisotopic (exact) mass is 337 g/mol. The average molecular weight is 337 g/mol. The molecule has 0 saturated carbocycles. The molecule has 0 fully saturated rings. The summed E-state index contributed by atoms with van der Waals surface area (Å²) in [5.41, 5.74) is 5.53. The van der Waals surface area contributed by atoms with Crippen molar-refractivity contribution in [2.24, 2.45) is 0 Å². The SMILES string of the molecule is O=C(COc1cccc2c1CCC[C@H]2O)Nc1ccc2c(c1)CCC2. The number of nitrogens with one attached hydrogen (secondary N) is 1. The number of amides is 1. The maximum Gasteiger partial charge on any atom is 0.262 e. The normalized spacial score (nSPS) is 18.4. The molecule has 2 N–H and O–H groups in total. The number of carbonyl (C=O) groups excluding carboxylic acids is 1. The van der Waals surface area contributed by atoms with Crippen molar-refractivity contribution in [3.63, 3.8) is 0 Å². The Balaban J connectivity index is 1.40. The molecule has 4 nitrogen and oxygen atoms in total. The summed E-state index contributed by atoms with van der Waals surface area (Å²) < 4.78 is 5.76. The summed E-state index contributed by atoms with van der Waals surface area (Å²) in [6, 6.07) is 11.8. The van der Waals surface area contributed by atoms with Crippen molar-refractivity contribution in [3.05, 3.63) is 58.7 Å². The first kappa shape index (κ1) is 16.2. The molecule has 0 heterocycles. The zero-order valence-corrected chi connectivity index (χ0v) is 14.3. The number of carbonyl (C=O) groups is 1. The van der Waals surface area contributed by atoms with Gasteiger partial charge in [-0.15, -0.1) is 0 Å². The molecular formula is C21H23NO3. The largest absolute Gasteiger partial charge is 0.483 e. The third-order valence-electron chi connectivity index (χ3n) is 5.17. The molecule has 0 bridgehead atoms. The molecule has 4 rings (SSSR count). The van der Waals surface area contributed by atoms with E-state index < -0.39 is 6.10 Å². The summed E-state index contributed by atoms with van der Waals surface area (Å²) in [5.74, 6) is 0.548. The van der Waals surface area contributed by atoms with Crippen molar-refractivity contribution < 1.29 is 14.6 Å². The van der Waals surface area contributed by atoms with Crippen LogP contribution >= 0.6 is 0 Å².